The van der Waals surface area contributed by atoms with Gasteiger partial charge in [0.2, 0.25) is 0 Å². The van der Waals surface area contributed by atoms with Crippen molar-refractivity contribution in [1.82, 2.24) is 4.90 Å². The molecule has 0 aromatic carbocycles. The molecule has 1 rings (SSSR count). The Balaban J connectivity index is 2.18. The van der Waals surface area contributed by atoms with E-state index in [1.807, 2.05) is 0 Å². The van der Waals surface area contributed by atoms with Gasteiger partial charge in [-0.15, -0.1) is 23.2 Å². The fraction of sp³-hybridized carbons (Fsp3) is 1.00. The van der Waals surface area contributed by atoms with Crippen LogP contribution in [0.25, 0.3) is 0 Å². The number of ether oxygens (including phenoxy) is 1. The van der Waals surface area contributed by atoms with E-state index in [0.29, 0.717) is 17.7 Å². The standard InChI is InChI=1S/C8H15Cl2NO/c9-5-8(6-10)7-11-1-3-12-4-2-11/h8H,1-7H2. The lowest BCUT2D eigenvalue weighted by Gasteiger charge is -2.28. The Bertz CT molecular complexity index is 114. The molecular weight excluding hydrogens is 197 g/mol. The van der Waals surface area contributed by atoms with Gasteiger partial charge in [-0.3, -0.25) is 4.90 Å². The first-order valence-electron chi connectivity index (χ1n) is 4.29. The number of hydrogen-bond donors (Lipinski definition) is 0. The third-order valence-corrected chi connectivity index (χ3v) is 2.93. The predicted octanol–water partition coefficient (Wildman–Crippen LogP) is 1.41. The molecular formula is C8H15Cl2NO. The van der Waals surface area contributed by atoms with Gasteiger partial charge in [-0.1, -0.05) is 0 Å². The van der Waals surface area contributed by atoms with Crippen LogP contribution in [0.15, 0.2) is 0 Å². The van der Waals surface area contributed by atoms with Crippen molar-refractivity contribution in [3.05, 3.63) is 0 Å². The number of morpholine rings is 1. The second-order valence-electron chi connectivity index (χ2n) is 3.09. The Morgan fingerprint density at radius 3 is 2.25 bits per heavy atom. The Kier molecular flexibility index (Phi) is 5.32. The molecule has 1 fully saturated rings. The number of rotatable bonds is 4. The average Bonchev–Trinajstić information content (AvgIpc) is 2.16. The molecule has 0 unspecified atom stereocenters. The predicted molar refractivity (Wildman–Crippen MR) is 52.2 cm³/mol. The third-order valence-electron chi connectivity index (χ3n) is 2.06. The number of hydrogen-bond acceptors (Lipinski definition) is 2. The molecule has 0 amide bonds. The topological polar surface area (TPSA) is 12.5 Å². The monoisotopic (exact) mass is 211 g/mol. The van der Waals surface area contributed by atoms with E-state index in [2.05, 4.69) is 4.90 Å². The van der Waals surface area contributed by atoms with Crippen molar-refractivity contribution in [2.45, 2.75) is 0 Å². The second kappa shape index (κ2) is 6.03. The van der Waals surface area contributed by atoms with E-state index >= 15 is 0 Å². The molecule has 0 aromatic heterocycles. The Hall–Kier alpha value is 0.500. The van der Waals surface area contributed by atoms with Gasteiger partial charge < -0.3 is 4.74 Å². The van der Waals surface area contributed by atoms with E-state index < -0.39 is 0 Å². The molecule has 0 spiro atoms. The molecule has 0 atom stereocenters. The quantitative estimate of drug-likeness (QED) is 0.653. The smallest absolute Gasteiger partial charge is 0.0594 e. The lowest BCUT2D eigenvalue weighted by atomic mass is 10.2. The van der Waals surface area contributed by atoms with Gasteiger partial charge in [-0.05, 0) is 5.92 Å². The average molecular weight is 212 g/mol. The summed E-state index contributed by atoms with van der Waals surface area (Å²) in [6.07, 6.45) is 0. The van der Waals surface area contributed by atoms with Crippen molar-refractivity contribution in [2.24, 2.45) is 5.92 Å². The summed E-state index contributed by atoms with van der Waals surface area (Å²) < 4.78 is 5.24. The summed E-state index contributed by atoms with van der Waals surface area (Å²) in [4.78, 5) is 2.36. The lowest BCUT2D eigenvalue weighted by Crippen LogP contribution is -2.40. The molecule has 0 saturated carbocycles. The summed E-state index contributed by atoms with van der Waals surface area (Å²) >= 11 is 11.5. The molecule has 0 aliphatic carbocycles. The summed E-state index contributed by atoms with van der Waals surface area (Å²) in [7, 11) is 0. The largest absolute Gasteiger partial charge is 0.379 e. The van der Waals surface area contributed by atoms with Gasteiger partial charge >= 0.3 is 0 Å². The first kappa shape index (κ1) is 10.6. The van der Waals surface area contributed by atoms with Gasteiger partial charge in [0, 0.05) is 31.4 Å². The van der Waals surface area contributed by atoms with Crippen LogP contribution in [0.1, 0.15) is 0 Å². The Morgan fingerprint density at radius 1 is 1.17 bits per heavy atom. The molecule has 1 saturated heterocycles. The molecule has 0 N–H and O–H groups in total. The summed E-state index contributed by atoms with van der Waals surface area (Å²) in [5.41, 5.74) is 0. The Labute approximate surface area is 83.8 Å². The molecule has 0 aromatic rings. The molecule has 0 radical (unpaired) electrons. The maximum absolute atomic E-state index is 5.74. The summed E-state index contributed by atoms with van der Waals surface area (Å²) in [6.45, 7) is 4.74. The van der Waals surface area contributed by atoms with Crippen LogP contribution >= 0.6 is 23.2 Å². The molecule has 1 aliphatic rings. The minimum atomic E-state index is 0.423. The van der Waals surface area contributed by atoms with Crippen LogP contribution in [0.5, 0.6) is 0 Å². The van der Waals surface area contributed by atoms with Crippen molar-refractivity contribution in [3.8, 4) is 0 Å². The molecule has 1 heterocycles. The highest BCUT2D eigenvalue weighted by molar-refractivity contribution is 6.20. The normalized spacial score (nSPS) is 20.2. The van der Waals surface area contributed by atoms with E-state index in [1.165, 1.54) is 0 Å². The van der Waals surface area contributed by atoms with Crippen LogP contribution in [0.4, 0.5) is 0 Å². The summed E-state index contributed by atoms with van der Waals surface area (Å²) in [6, 6.07) is 0. The number of nitrogens with zero attached hydrogens (tertiary/aromatic N) is 1. The van der Waals surface area contributed by atoms with Crippen molar-refractivity contribution < 1.29 is 4.74 Å². The molecule has 4 heteroatoms. The SMILES string of the molecule is ClCC(CCl)CN1CCOCC1. The van der Waals surface area contributed by atoms with Crippen LogP contribution in [0.2, 0.25) is 0 Å². The van der Waals surface area contributed by atoms with Crippen LogP contribution in [-0.2, 0) is 4.74 Å². The van der Waals surface area contributed by atoms with Gasteiger partial charge in [-0.25, -0.2) is 0 Å². The summed E-state index contributed by atoms with van der Waals surface area (Å²) in [5, 5.41) is 0. The fourth-order valence-electron chi connectivity index (χ4n) is 1.29. The van der Waals surface area contributed by atoms with Gasteiger partial charge in [-0.2, -0.15) is 0 Å². The van der Waals surface area contributed by atoms with E-state index in [0.717, 1.165) is 32.8 Å². The van der Waals surface area contributed by atoms with Crippen LogP contribution in [-0.4, -0.2) is 49.5 Å². The molecule has 12 heavy (non-hydrogen) atoms. The zero-order chi connectivity index (χ0) is 8.81. The van der Waals surface area contributed by atoms with Gasteiger partial charge in [0.25, 0.3) is 0 Å². The van der Waals surface area contributed by atoms with Crippen LogP contribution in [0.3, 0.4) is 0 Å². The maximum atomic E-state index is 5.74. The van der Waals surface area contributed by atoms with Crippen molar-refractivity contribution in [3.63, 3.8) is 0 Å². The molecule has 0 bridgehead atoms. The lowest BCUT2D eigenvalue weighted by molar-refractivity contribution is 0.0332. The van der Waals surface area contributed by atoms with Crippen molar-refractivity contribution in [1.29, 1.82) is 0 Å². The minimum absolute atomic E-state index is 0.423. The van der Waals surface area contributed by atoms with Gasteiger partial charge in [0.05, 0.1) is 13.2 Å². The fourth-order valence-corrected chi connectivity index (χ4v) is 1.81. The van der Waals surface area contributed by atoms with E-state index in [9.17, 15) is 0 Å². The zero-order valence-electron chi connectivity index (χ0n) is 7.14. The highest BCUT2D eigenvalue weighted by Gasteiger charge is 2.14. The number of halogens is 2. The molecule has 72 valence electrons. The van der Waals surface area contributed by atoms with E-state index in [1.54, 1.807) is 0 Å². The Morgan fingerprint density at radius 2 is 1.75 bits per heavy atom. The van der Waals surface area contributed by atoms with Crippen molar-refractivity contribution >= 4 is 23.2 Å². The van der Waals surface area contributed by atoms with E-state index in [-0.39, 0.29) is 0 Å². The first-order chi connectivity index (χ1) is 5.86. The number of alkyl halides is 2. The van der Waals surface area contributed by atoms with Gasteiger partial charge in [0.1, 0.15) is 0 Å². The third kappa shape index (κ3) is 3.48. The maximum Gasteiger partial charge on any atom is 0.0594 e. The van der Waals surface area contributed by atoms with Gasteiger partial charge in [0.15, 0.2) is 0 Å². The highest BCUT2D eigenvalue weighted by atomic mass is 35.5. The van der Waals surface area contributed by atoms with Crippen LogP contribution < -0.4 is 0 Å². The highest BCUT2D eigenvalue weighted by Crippen LogP contribution is 2.07. The summed E-state index contributed by atoms with van der Waals surface area (Å²) in [5.74, 6) is 1.73. The van der Waals surface area contributed by atoms with Crippen LogP contribution in [0, 0.1) is 5.92 Å². The second-order valence-corrected chi connectivity index (χ2v) is 3.70. The van der Waals surface area contributed by atoms with E-state index in [4.69, 9.17) is 27.9 Å². The van der Waals surface area contributed by atoms with Crippen molar-refractivity contribution in [2.75, 3.05) is 44.6 Å². The first-order valence-corrected chi connectivity index (χ1v) is 5.35. The minimum Gasteiger partial charge on any atom is -0.379 e. The molecule has 1 aliphatic heterocycles. The molecule has 2 nitrogen and oxygen atoms in total. The zero-order valence-corrected chi connectivity index (χ0v) is 8.65.